The van der Waals surface area contributed by atoms with E-state index >= 15 is 0 Å². The van der Waals surface area contributed by atoms with E-state index in [0.717, 1.165) is 5.56 Å². The highest BCUT2D eigenvalue weighted by Gasteiger charge is 2.02. The molecule has 1 atom stereocenters. The van der Waals surface area contributed by atoms with Crippen molar-refractivity contribution in [1.82, 2.24) is 9.97 Å². The molecule has 2 N–H and O–H groups in total. The van der Waals surface area contributed by atoms with E-state index < -0.39 is 6.04 Å². The van der Waals surface area contributed by atoms with Crippen molar-refractivity contribution in [2.24, 2.45) is 5.73 Å². The molecule has 0 aliphatic rings. The average Bonchev–Trinajstić information content (AvgIpc) is 2.16. The second kappa shape index (κ2) is 4.80. The van der Waals surface area contributed by atoms with Gasteiger partial charge >= 0.3 is 0 Å². The van der Waals surface area contributed by atoms with Gasteiger partial charge in [0, 0.05) is 18.1 Å². The molecule has 0 saturated heterocycles. The Morgan fingerprint density at radius 2 is 2.23 bits per heavy atom. The Bertz CT molecular complexity index is 303. The molecular formula is C8H10N4S. The summed E-state index contributed by atoms with van der Waals surface area (Å²) in [6.07, 6.45) is 3.49. The molecule has 0 fully saturated rings. The molecule has 0 radical (unpaired) electrons. The van der Waals surface area contributed by atoms with Crippen LogP contribution in [-0.4, -0.2) is 21.8 Å². The largest absolute Gasteiger partial charge is 0.315 e. The van der Waals surface area contributed by atoms with Gasteiger partial charge in [-0.3, -0.25) is 0 Å². The van der Waals surface area contributed by atoms with Crippen molar-refractivity contribution >= 4 is 11.8 Å². The number of aromatic nitrogens is 2. The highest BCUT2D eigenvalue weighted by Crippen LogP contribution is 2.11. The lowest BCUT2D eigenvalue weighted by atomic mass is 10.4. The molecule has 0 aromatic carbocycles. The molecule has 68 valence electrons. The summed E-state index contributed by atoms with van der Waals surface area (Å²) in [5, 5.41) is 9.09. The molecule has 4 nitrogen and oxygen atoms in total. The molecule has 0 saturated carbocycles. The van der Waals surface area contributed by atoms with Gasteiger partial charge in [-0.2, -0.15) is 5.26 Å². The van der Waals surface area contributed by atoms with E-state index in [-0.39, 0.29) is 0 Å². The quantitative estimate of drug-likeness (QED) is 0.567. The van der Waals surface area contributed by atoms with Gasteiger partial charge in [-0.25, -0.2) is 9.97 Å². The third kappa shape index (κ3) is 3.40. The van der Waals surface area contributed by atoms with Gasteiger partial charge in [-0.1, -0.05) is 11.8 Å². The van der Waals surface area contributed by atoms with E-state index in [1.54, 1.807) is 12.4 Å². The smallest absolute Gasteiger partial charge is 0.187 e. The van der Waals surface area contributed by atoms with Crippen molar-refractivity contribution in [3.05, 3.63) is 18.0 Å². The van der Waals surface area contributed by atoms with Gasteiger partial charge in [0.25, 0.3) is 0 Å². The first-order chi connectivity index (χ1) is 6.22. The van der Waals surface area contributed by atoms with Crippen molar-refractivity contribution in [2.45, 2.75) is 18.1 Å². The highest BCUT2D eigenvalue weighted by molar-refractivity contribution is 7.99. The van der Waals surface area contributed by atoms with Gasteiger partial charge in [-0.05, 0) is 12.5 Å². The lowest BCUT2D eigenvalue weighted by Crippen LogP contribution is -2.20. The summed E-state index contributed by atoms with van der Waals surface area (Å²) in [5.74, 6) is 0.527. The zero-order valence-electron chi connectivity index (χ0n) is 7.27. The van der Waals surface area contributed by atoms with Crippen LogP contribution >= 0.6 is 11.8 Å². The number of thioether (sulfide) groups is 1. The number of nitriles is 1. The van der Waals surface area contributed by atoms with E-state index in [1.807, 2.05) is 13.0 Å². The Morgan fingerprint density at radius 3 is 2.77 bits per heavy atom. The van der Waals surface area contributed by atoms with Gasteiger partial charge in [0.15, 0.2) is 5.16 Å². The van der Waals surface area contributed by atoms with Crippen LogP contribution in [0.25, 0.3) is 0 Å². The Balaban J connectivity index is 2.47. The monoisotopic (exact) mass is 194 g/mol. The van der Waals surface area contributed by atoms with Gasteiger partial charge in [0.05, 0.1) is 6.07 Å². The van der Waals surface area contributed by atoms with Crippen LogP contribution in [0.4, 0.5) is 0 Å². The van der Waals surface area contributed by atoms with Crippen LogP contribution in [0, 0.1) is 18.3 Å². The average molecular weight is 194 g/mol. The van der Waals surface area contributed by atoms with Crippen molar-refractivity contribution in [2.75, 3.05) is 5.75 Å². The minimum Gasteiger partial charge on any atom is -0.315 e. The molecule has 0 spiro atoms. The lowest BCUT2D eigenvalue weighted by Gasteiger charge is -2.00. The van der Waals surface area contributed by atoms with Crippen LogP contribution in [0.3, 0.4) is 0 Å². The maximum atomic E-state index is 8.43. The maximum Gasteiger partial charge on any atom is 0.187 e. The van der Waals surface area contributed by atoms with Crippen LogP contribution < -0.4 is 5.73 Å². The van der Waals surface area contributed by atoms with Gasteiger partial charge in [0.2, 0.25) is 0 Å². The Morgan fingerprint density at radius 1 is 1.62 bits per heavy atom. The number of nitrogens with zero attached hydrogens (tertiary/aromatic N) is 3. The number of aryl methyl sites for hydroxylation is 1. The van der Waals surface area contributed by atoms with Crippen LogP contribution in [0.15, 0.2) is 17.6 Å². The van der Waals surface area contributed by atoms with Gasteiger partial charge in [0.1, 0.15) is 6.04 Å². The van der Waals surface area contributed by atoms with E-state index in [1.165, 1.54) is 11.8 Å². The molecule has 0 aliphatic carbocycles. The first-order valence-electron chi connectivity index (χ1n) is 3.79. The zero-order valence-corrected chi connectivity index (χ0v) is 8.08. The van der Waals surface area contributed by atoms with E-state index in [2.05, 4.69) is 9.97 Å². The van der Waals surface area contributed by atoms with Crippen molar-refractivity contribution < 1.29 is 0 Å². The number of hydrogen-bond acceptors (Lipinski definition) is 5. The van der Waals surface area contributed by atoms with Crippen molar-refractivity contribution in [3.63, 3.8) is 0 Å². The Hall–Kier alpha value is -1.12. The third-order valence-corrected chi connectivity index (χ3v) is 2.31. The number of hydrogen-bond donors (Lipinski definition) is 1. The van der Waals surface area contributed by atoms with Crippen LogP contribution in [0.2, 0.25) is 0 Å². The summed E-state index contributed by atoms with van der Waals surface area (Å²) in [6.45, 7) is 1.93. The summed E-state index contributed by atoms with van der Waals surface area (Å²) >= 11 is 1.39. The minimum absolute atomic E-state index is 0.449. The van der Waals surface area contributed by atoms with Crippen LogP contribution in [0.1, 0.15) is 5.56 Å². The van der Waals surface area contributed by atoms with Crippen LogP contribution in [0.5, 0.6) is 0 Å². The predicted molar refractivity (Wildman–Crippen MR) is 51.1 cm³/mol. The minimum atomic E-state index is -0.449. The van der Waals surface area contributed by atoms with Crippen molar-refractivity contribution in [3.8, 4) is 6.07 Å². The zero-order chi connectivity index (χ0) is 9.68. The molecule has 1 aromatic rings. The van der Waals surface area contributed by atoms with E-state index in [9.17, 15) is 0 Å². The summed E-state index contributed by atoms with van der Waals surface area (Å²) in [5.41, 5.74) is 6.44. The highest BCUT2D eigenvalue weighted by atomic mass is 32.2. The normalized spacial score (nSPS) is 12.1. The summed E-state index contributed by atoms with van der Waals surface area (Å²) in [7, 11) is 0. The molecular weight excluding hydrogens is 184 g/mol. The standard InChI is InChI=1S/C8H10N4S/c1-6-3-11-8(12-4-6)13-5-7(10)2-9/h3-4,7H,5,10H2,1H3. The molecule has 1 unspecified atom stereocenters. The first-order valence-corrected chi connectivity index (χ1v) is 4.77. The lowest BCUT2D eigenvalue weighted by molar-refractivity contribution is 0.922. The fourth-order valence-electron chi connectivity index (χ4n) is 0.657. The van der Waals surface area contributed by atoms with Crippen LogP contribution in [-0.2, 0) is 0 Å². The van der Waals surface area contributed by atoms with E-state index in [0.29, 0.717) is 10.9 Å². The summed E-state index contributed by atoms with van der Waals surface area (Å²) < 4.78 is 0. The second-order valence-electron chi connectivity index (χ2n) is 2.59. The summed E-state index contributed by atoms with van der Waals surface area (Å²) in [4.78, 5) is 8.14. The van der Waals surface area contributed by atoms with Gasteiger partial charge in [-0.15, -0.1) is 0 Å². The van der Waals surface area contributed by atoms with Crippen molar-refractivity contribution in [1.29, 1.82) is 5.26 Å². The first kappa shape index (κ1) is 9.96. The second-order valence-corrected chi connectivity index (χ2v) is 3.58. The summed E-state index contributed by atoms with van der Waals surface area (Å²) in [6, 6.07) is 1.50. The molecule has 1 rings (SSSR count). The number of nitrogens with two attached hydrogens (primary N) is 1. The maximum absolute atomic E-state index is 8.43. The third-order valence-electron chi connectivity index (χ3n) is 1.32. The van der Waals surface area contributed by atoms with E-state index in [4.69, 9.17) is 11.0 Å². The molecule has 1 aromatic heterocycles. The molecule has 0 aliphatic heterocycles. The Kier molecular flexibility index (Phi) is 3.68. The molecule has 0 bridgehead atoms. The number of rotatable bonds is 3. The fraction of sp³-hybridized carbons (Fsp3) is 0.375. The SMILES string of the molecule is Cc1cnc(SCC(N)C#N)nc1. The fourth-order valence-corrected chi connectivity index (χ4v) is 1.31. The topological polar surface area (TPSA) is 75.6 Å². The molecule has 0 amide bonds. The molecule has 13 heavy (non-hydrogen) atoms. The van der Waals surface area contributed by atoms with Gasteiger partial charge < -0.3 is 5.73 Å². The Labute approximate surface area is 81.2 Å². The predicted octanol–water partition coefficient (Wildman–Crippen LogP) is 0.728. The molecule has 1 heterocycles. The molecule has 5 heteroatoms.